The molecule has 0 bridgehead atoms. The standard InChI is InChI=1S/C16H17FO/c1-3-16(18)13-6-4-12(5-7-13)14-8-9-15(17)11(2)10-14/h4-10,16,18H,3H2,1-2H3/t16-/m0/s1. The fraction of sp³-hybridized carbons (Fsp3) is 0.250. The molecule has 2 rings (SSSR count). The zero-order valence-corrected chi connectivity index (χ0v) is 10.7. The predicted molar refractivity (Wildman–Crippen MR) is 71.8 cm³/mol. The highest BCUT2D eigenvalue weighted by Crippen LogP contribution is 2.24. The molecule has 2 aromatic carbocycles. The second-order valence-corrected chi connectivity index (χ2v) is 4.51. The zero-order valence-electron chi connectivity index (χ0n) is 10.7. The van der Waals surface area contributed by atoms with Gasteiger partial charge in [0.15, 0.2) is 0 Å². The summed E-state index contributed by atoms with van der Waals surface area (Å²) in [6, 6.07) is 12.8. The molecule has 1 nitrogen and oxygen atoms in total. The van der Waals surface area contributed by atoms with Crippen molar-refractivity contribution in [3.63, 3.8) is 0 Å². The summed E-state index contributed by atoms with van der Waals surface area (Å²) in [7, 11) is 0. The van der Waals surface area contributed by atoms with Crippen molar-refractivity contribution >= 4 is 0 Å². The fourth-order valence-electron chi connectivity index (χ4n) is 1.96. The van der Waals surface area contributed by atoms with E-state index in [9.17, 15) is 9.50 Å². The molecule has 0 aromatic heterocycles. The van der Waals surface area contributed by atoms with E-state index in [1.165, 1.54) is 6.07 Å². The van der Waals surface area contributed by atoms with Gasteiger partial charge in [-0.05, 0) is 47.7 Å². The number of aryl methyl sites for hydroxylation is 1. The lowest BCUT2D eigenvalue weighted by Gasteiger charge is -2.09. The van der Waals surface area contributed by atoms with Gasteiger partial charge in [-0.2, -0.15) is 0 Å². The number of hydrogen-bond acceptors (Lipinski definition) is 1. The molecule has 2 aromatic rings. The van der Waals surface area contributed by atoms with Crippen LogP contribution in [0, 0.1) is 12.7 Å². The highest BCUT2D eigenvalue weighted by atomic mass is 19.1. The van der Waals surface area contributed by atoms with Crippen molar-refractivity contribution in [2.45, 2.75) is 26.4 Å². The van der Waals surface area contributed by atoms with E-state index in [2.05, 4.69) is 0 Å². The second kappa shape index (κ2) is 5.32. The van der Waals surface area contributed by atoms with Gasteiger partial charge in [0.1, 0.15) is 5.82 Å². The molecule has 94 valence electrons. The Morgan fingerprint density at radius 1 is 1.06 bits per heavy atom. The van der Waals surface area contributed by atoms with Crippen molar-refractivity contribution in [1.29, 1.82) is 0 Å². The van der Waals surface area contributed by atoms with Crippen LogP contribution in [0.2, 0.25) is 0 Å². The van der Waals surface area contributed by atoms with Crippen LogP contribution in [0.1, 0.15) is 30.6 Å². The molecule has 0 fully saturated rings. The monoisotopic (exact) mass is 244 g/mol. The Labute approximate surface area is 107 Å². The summed E-state index contributed by atoms with van der Waals surface area (Å²) in [5, 5.41) is 9.72. The van der Waals surface area contributed by atoms with Gasteiger partial charge in [-0.3, -0.25) is 0 Å². The molecule has 0 aliphatic heterocycles. The molecule has 1 N–H and O–H groups in total. The van der Waals surface area contributed by atoms with E-state index in [4.69, 9.17) is 0 Å². The van der Waals surface area contributed by atoms with Gasteiger partial charge < -0.3 is 5.11 Å². The van der Waals surface area contributed by atoms with Gasteiger partial charge in [-0.1, -0.05) is 37.3 Å². The van der Waals surface area contributed by atoms with Crippen LogP contribution in [0.25, 0.3) is 11.1 Å². The maximum atomic E-state index is 13.2. The summed E-state index contributed by atoms with van der Waals surface area (Å²) in [6.07, 6.45) is 0.295. The SMILES string of the molecule is CC[C@H](O)c1ccc(-c2ccc(F)c(C)c2)cc1. The van der Waals surface area contributed by atoms with Gasteiger partial charge in [-0.15, -0.1) is 0 Å². The van der Waals surface area contributed by atoms with Crippen molar-refractivity contribution < 1.29 is 9.50 Å². The first-order chi connectivity index (χ1) is 8.61. The number of benzene rings is 2. The molecule has 0 unspecified atom stereocenters. The topological polar surface area (TPSA) is 20.2 Å². The lowest BCUT2D eigenvalue weighted by atomic mass is 10.00. The normalized spacial score (nSPS) is 12.4. The van der Waals surface area contributed by atoms with Crippen LogP contribution in [0.3, 0.4) is 0 Å². The molecular formula is C16H17FO. The average molecular weight is 244 g/mol. The third-order valence-electron chi connectivity index (χ3n) is 3.17. The minimum absolute atomic E-state index is 0.184. The molecule has 0 spiro atoms. The molecule has 18 heavy (non-hydrogen) atoms. The Kier molecular flexibility index (Phi) is 3.78. The Morgan fingerprint density at radius 2 is 1.67 bits per heavy atom. The Bertz CT molecular complexity index is 531. The number of aliphatic hydroxyl groups excluding tert-OH is 1. The van der Waals surface area contributed by atoms with Crippen LogP contribution in [0.4, 0.5) is 4.39 Å². The smallest absolute Gasteiger partial charge is 0.126 e. The third-order valence-corrected chi connectivity index (χ3v) is 3.17. The first-order valence-corrected chi connectivity index (χ1v) is 6.16. The van der Waals surface area contributed by atoms with Gasteiger partial charge >= 0.3 is 0 Å². The van der Waals surface area contributed by atoms with Gasteiger partial charge in [0.05, 0.1) is 6.10 Å². The van der Waals surface area contributed by atoms with Crippen LogP contribution in [-0.4, -0.2) is 5.11 Å². The van der Waals surface area contributed by atoms with Gasteiger partial charge in [0.25, 0.3) is 0 Å². The molecule has 2 heteroatoms. The number of halogens is 1. The number of hydrogen-bond donors (Lipinski definition) is 1. The van der Waals surface area contributed by atoms with Gasteiger partial charge in [0.2, 0.25) is 0 Å². The van der Waals surface area contributed by atoms with Crippen molar-refractivity contribution in [2.75, 3.05) is 0 Å². The summed E-state index contributed by atoms with van der Waals surface area (Å²) < 4.78 is 13.2. The summed E-state index contributed by atoms with van der Waals surface area (Å²) in [4.78, 5) is 0. The van der Waals surface area contributed by atoms with Crippen molar-refractivity contribution in [2.24, 2.45) is 0 Å². The largest absolute Gasteiger partial charge is 0.388 e. The molecule has 0 saturated carbocycles. The van der Waals surface area contributed by atoms with E-state index >= 15 is 0 Å². The van der Waals surface area contributed by atoms with Crippen LogP contribution in [0.5, 0.6) is 0 Å². The van der Waals surface area contributed by atoms with Crippen LogP contribution in [-0.2, 0) is 0 Å². The minimum atomic E-state index is -0.408. The first-order valence-electron chi connectivity index (χ1n) is 6.16. The number of rotatable bonds is 3. The Hall–Kier alpha value is -1.67. The molecule has 0 radical (unpaired) electrons. The van der Waals surface area contributed by atoms with Gasteiger partial charge in [-0.25, -0.2) is 4.39 Å². The van der Waals surface area contributed by atoms with E-state index in [-0.39, 0.29) is 5.82 Å². The van der Waals surface area contributed by atoms with Crippen molar-refractivity contribution in [3.8, 4) is 11.1 Å². The summed E-state index contributed by atoms with van der Waals surface area (Å²) in [5.41, 5.74) is 3.59. The average Bonchev–Trinajstić information content (AvgIpc) is 2.41. The summed E-state index contributed by atoms with van der Waals surface area (Å²) >= 11 is 0. The van der Waals surface area contributed by atoms with E-state index < -0.39 is 6.10 Å². The highest BCUT2D eigenvalue weighted by Gasteiger charge is 2.05. The first kappa shape index (κ1) is 12.8. The van der Waals surface area contributed by atoms with Crippen LogP contribution >= 0.6 is 0 Å². The molecule has 0 amide bonds. The van der Waals surface area contributed by atoms with Crippen LogP contribution in [0.15, 0.2) is 42.5 Å². The summed E-state index contributed by atoms with van der Waals surface area (Å²) in [6.45, 7) is 3.70. The third kappa shape index (κ3) is 2.59. The highest BCUT2D eigenvalue weighted by molar-refractivity contribution is 5.64. The predicted octanol–water partition coefficient (Wildman–Crippen LogP) is 4.24. The van der Waals surface area contributed by atoms with E-state index in [1.807, 2.05) is 37.3 Å². The molecule has 0 heterocycles. The van der Waals surface area contributed by atoms with E-state index in [0.717, 1.165) is 16.7 Å². The molecule has 0 aliphatic carbocycles. The molecule has 0 saturated heterocycles. The molecule has 1 atom stereocenters. The number of aliphatic hydroxyl groups is 1. The van der Waals surface area contributed by atoms with E-state index in [0.29, 0.717) is 12.0 Å². The second-order valence-electron chi connectivity index (χ2n) is 4.51. The molecular weight excluding hydrogens is 227 g/mol. The fourth-order valence-corrected chi connectivity index (χ4v) is 1.96. The zero-order chi connectivity index (χ0) is 13.1. The molecule has 0 aliphatic rings. The maximum absolute atomic E-state index is 13.2. The summed E-state index contributed by atoms with van der Waals surface area (Å²) in [5.74, 6) is -0.184. The maximum Gasteiger partial charge on any atom is 0.126 e. The minimum Gasteiger partial charge on any atom is -0.388 e. The lowest BCUT2D eigenvalue weighted by molar-refractivity contribution is 0.173. The Balaban J connectivity index is 2.31. The van der Waals surface area contributed by atoms with Crippen molar-refractivity contribution in [1.82, 2.24) is 0 Å². The van der Waals surface area contributed by atoms with Gasteiger partial charge in [0, 0.05) is 0 Å². The lowest BCUT2D eigenvalue weighted by Crippen LogP contribution is -1.94. The quantitative estimate of drug-likeness (QED) is 0.856. The van der Waals surface area contributed by atoms with Crippen molar-refractivity contribution in [3.05, 3.63) is 59.4 Å². The van der Waals surface area contributed by atoms with Crippen LogP contribution < -0.4 is 0 Å². The van der Waals surface area contributed by atoms with E-state index in [1.54, 1.807) is 13.0 Å². The Morgan fingerprint density at radius 3 is 2.22 bits per heavy atom.